The van der Waals surface area contributed by atoms with Crippen molar-refractivity contribution in [2.24, 2.45) is 5.92 Å². The number of hydrogen-bond donors (Lipinski definition) is 2. The average molecular weight is 290 g/mol. The Labute approximate surface area is 126 Å². The van der Waals surface area contributed by atoms with Crippen molar-refractivity contribution in [2.75, 3.05) is 32.4 Å². The van der Waals surface area contributed by atoms with E-state index in [1.54, 1.807) is 6.07 Å². The van der Waals surface area contributed by atoms with E-state index in [0.717, 1.165) is 37.4 Å². The summed E-state index contributed by atoms with van der Waals surface area (Å²) in [6.45, 7) is 3.13. The van der Waals surface area contributed by atoms with Gasteiger partial charge >= 0.3 is 0 Å². The van der Waals surface area contributed by atoms with Gasteiger partial charge in [0.05, 0.1) is 5.69 Å². The maximum atomic E-state index is 12.3. The van der Waals surface area contributed by atoms with E-state index in [4.69, 9.17) is 5.73 Å². The number of amides is 1. The predicted molar refractivity (Wildman–Crippen MR) is 84.3 cm³/mol. The predicted octanol–water partition coefficient (Wildman–Crippen LogP) is 1.87. The van der Waals surface area contributed by atoms with E-state index in [9.17, 15) is 4.79 Å². The highest BCUT2D eigenvalue weighted by Gasteiger charge is 2.27. The molecule has 1 aliphatic carbocycles. The summed E-state index contributed by atoms with van der Waals surface area (Å²) in [7, 11) is 2.18. The molecule has 1 aromatic heterocycles. The molecule has 0 aromatic carbocycles. The number of carbonyl (C=O) groups is 1. The minimum atomic E-state index is 0.0199. The number of piperidine rings is 1. The topological polar surface area (TPSA) is 63.3 Å². The van der Waals surface area contributed by atoms with Crippen LogP contribution in [0.15, 0.2) is 12.3 Å². The highest BCUT2D eigenvalue weighted by Crippen LogP contribution is 2.37. The lowest BCUT2D eigenvalue weighted by Crippen LogP contribution is -2.33. The second kappa shape index (κ2) is 6.10. The van der Waals surface area contributed by atoms with E-state index < -0.39 is 0 Å². The molecule has 3 N–H and O–H groups in total. The summed E-state index contributed by atoms with van der Waals surface area (Å²) in [5.41, 5.74) is 7.24. The van der Waals surface area contributed by atoms with Gasteiger partial charge in [-0.25, -0.2) is 0 Å². The zero-order valence-corrected chi connectivity index (χ0v) is 12.8. The standard InChI is InChI=1S/C16H26N4O/c1-19-8-5-12(6-9-19)4-7-18-16(21)15-10-13(17)11-20(15)14-2-3-14/h10-12,14H,2-9,17H2,1H3,(H,18,21). The molecular weight excluding hydrogens is 264 g/mol. The molecule has 1 aromatic rings. The van der Waals surface area contributed by atoms with Crippen molar-refractivity contribution >= 4 is 11.6 Å². The number of carbonyl (C=O) groups excluding carboxylic acids is 1. The first kappa shape index (κ1) is 14.4. The second-order valence-electron chi connectivity index (χ2n) is 6.59. The fourth-order valence-electron chi connectivity index (χ4n) is 3.17. The molecule has 3 rings (SSSR count). The van der Waals surface area contributed by atoms with Crippen LogP contribution in [0.2, 0.25) is 0 Å². The first-order valence-electron chi connectivity index (χ1n) is 8.07. The fourth-order valence-corrected chi connectivity index (χ4v) is 3.17. The number of likely N-dealkylation sites (tertiary alicyclic amines) is 1. The van der Waals surface area contributed by atoms with Gasteiger partial charge in [-0.05, 0) is 64.2 Å². The number of rotatable bonds is 5. The van der Waals surface area contributed by atoms with Crippen LogP contribution in [-0.4, -0.2) is 42.1 Å². The molecule has 0 radical (unpaired) electrons. The zero-order valence-electron chi connectivity index (χ0n) is 12.8. The van der Waals surface area contributed by atoms with Crippen LogP contribution in [0.25, 0.3) is 0 Å². The van der Waals surface area contributed by atoms with Gasteiger partial charge in [0, 0.05) is 18.8 Å². The van der Waals surface area contributed by atoms with E-state index in [-0.39, 0.29) is 5.91 Å². The molecule has 2 aliphatic rings. The molecule has 1 saturated carbocycles. The zero-order chi connectivity index (χ0) is 14.8. The Morgan fingerprint density at radius 1 is 1.33 bits per heavy atom. The number of nitrogens with one attached hydrogen (secondary N) is 1. The molecule has 1 amide bonds. The Kier molecular flexibility index (Phi) is 4.19. The van der Waals surface area contributed by atoms with Crippen molar-refractivity contribution in [3.8, 4) is 0 Å². The average Bonchev–Trinajstić information content (AvgIpc) is 3.23. The summed E-state index contributed by atoms with van der Waals surface area (Å²) in [5.74, 6) is 0.772. The molecule has 5 heteroatoms. The van der Waals surface area contributed by atoms with Crippen molar-refractivity contribution in [3.05, 3.63) is 18.0 Å². The maximum absolute atomic E-state index is 12.3. The van der Waals surface area contributed by atoms with Crippen molar-refractivity contribution in [2.45, 2.75) is 38.1 Å². The molecule has 0 atom stereocenters. The number of anilines is 1. The van der Waals surface area contributed by atoms with E-state index in [1.165, 1.54) is 25.9 Å². The van der Waals surface area contributed by atoms with Crippen LogP contribution in [0.1, 0.15) is 48.6 Å². The number of nitrogens with zero attached hydrogens (tertiary/aromatic N) is 2. The molecule has 0 unspecified atom stereocenters. The normalized spacial score (nSPS) is 20.6. The maximum Gasteiger partial charge on any atom is 0.267 e. The minimum absolute atomic E-state index is 0.0199. The third-order valence-electron chi connectivity index (χ3n) is 4.72. The molecule has 0 spiro atoms. The van der Waals surface area contributed by atoms with E-state index in [2.05, 4.69) is 17.3 Å². The summed E-state index contributed by atoms with van der Waals surface area (Å²) in [5, 5.41) is 3.06. The van der Waals surface area contributed by atoms with Crippen molar-refractivity contribution in [1.29, 1.82) is 0 Å². The Bertz CT molecular complexity index is 498. The summed E-state index contributed by atoms with van der Waals surface area (Å²) in [6.07, 6.45) is 7.78. The molecule has 1 aliphatic heterocycles. The van der Waals surface area contributed by atoms with Crippen LogP contribution >= 0.6 is 0 Å². The third-order valence-corrected chi connectivity index (χ3v) is 4.72. The van der Waals surface area contributed by atoms with Gasteiger partial charge < -0.3 is 20.5 Å². The number of nitrogens with two attached hydrogens (primary N) is 1. The highest BCUT2D eigenvalue weighted by molar-refractivity contribution is 5.93. The van der Waals surface area contributed by atoms with Crippen LogP contribution < -0.4 is 11.1 Å². The van der Waals surface area contributed by atoms with Gasteiger partial charge in [-0.3, -0.25) is 4.79 Å². The van der Waals surface area contributed by atoms with E-state index >= 15 is 0 Å². The van der Waals surface area contributed by atoms with Gasteiger partial charge in [-0.15, -0.1) is 0 Å². The van der Waals surface area contributed by atoms with Gasteiger partial charge in [0.1, 0.15) is 5.69 Å². The monoisotopic (exact) mass is 290 g/mol. The highest BCUT2D eigenvalue weighted by atomic mass is 16.1. The fraction of sp³-hybridized carbons (Fsp3) is 0.688. The smallest absolute Gasteiger partial charge is 0.267 e. The van der Waals surface area contributed by atoms with Gasteiger partial charge in [0.15, 0.2) is 0 Å². The van der Waals surface area contributed by atoms with Crippen LogP contribution in [-0.2, 0) is 0 Å². The molecule has 0 bridgehead atoms. The lowest BCUT2D eigenvalue weighted by Gasteiger charge is -2.28. The summed E-state index contributed by atoms with van der Waals surface area (Å²) in [4.78, 5) is 14.7. The number of nitrogen functional groups attached to an aromatic ring is 1. The third kappa shape index (κ3) is 3.59. The van der Waals surface area contributed by atoms with Crippen LogP contribution in [0.5, 0.6) is 0 Å². The summed E-state index contributed by atoms with van der Waals surface area (Å²) < 4.78 is 2.04. The lowest BCUT2D eigenvalue weighted by atomic mass is 9.94. The van der Waals surface area contributed by atoms with Gasteiger partial charge in [-0.1, -0.05) is 0 Å². The molecule has 5 nitrogen and oxygen atoms in total. The largest absolute Gasteiger partial charge is 0.397 e. The van der Waals surface area contributed by atoms with E-state index in [1.807, 2.05) is 10.8 Å². The van der Waals surface area contributed by atoms with Crippen molar-refractivity contribution in [1.82, 2.24) is 14.8 Å². The molecule has 21 heavy (non-hydrogen) atoms. The summed E-state index contributed by atoms with van der Waals surface area (Å²) >= 11 is 0. The molecule has 116 valence electrons. The van der Waals surface area contributed by atoms with Crippen molar-refractivity contribution in [3.63, 3.8) is 0 Å². The minimum Gasteiger partial charge on any atom is -0.397 e. The number of aromatic nitrogens is 1. The Morgan fingerprint density at radius 2 is 2.05 bits per heavy atom. The number of hydrogen-bond acceptors (Lipinski definition) is 3. The van der Waals surface area contributed by atoms with Gasteiger partial charge in [-0.2, -0.15) is 0 Å². The first-order chi connectivity index (χ1) is 10.1. The quantitative estimate of drug-likeness (QED) is 0.870. The van der Waals surface area contributed by atoms with Gasteiger partial charge in [0.2, 0.25) is 0 Å². The lowest BCUT2D eigenvalue weighted by molar-refractivity contribution is 0.0939. The molecule has 2 heterocycles. The first-order valence-corrected chi connectivity index (χ1v) is 8.07. The summed E-state index contributed by atoms with van der Waals surface area (Å²) in [6, 6.07) is 2.28. The van der Waals surface area contributed by atoms with Crippen LogP contribution in [0.4, 0.5) is 5.69 Å². The molecule has 2 fully saturated rings. The van der Waals surface area contributed by atoms with Gasteiger partial charge in [0.25, 0.3) is 5.91 Å². The van der Waals surface area contributed by atoms with Crippen LogP contribution in [0, 0.1) is 5.92 Å². The molecule has 1 saturated heterocycles. The second-order valence-corrected chi connectivity index (χ2v) is 6.59. The Balaban J connectivity index is 1.48. The Hall–Kier alpha value is -1.49. The van der Waals surface area contributed by atoms with Crippen LogP contribution in [0.3, 0.4) is 0 Å². The SMILES string of the molecule is CN1CCC(CCNC(=O)c2cc(N)cn2C2CC2)CC1. The van der Waals surface area contributed by atoms with Crippen molar-refractivity contribution < 1.29 is 4.79 Å². The molecular formula is C16H26N4O. The Morgan fingerprint density at radius 3 is 2.71 bits per heavy atom. The van der Waals surface area contributed by atoms with E-state index in [0.29, 0.717) is 11.7 Å².